The Balaban J connectivity index is 2.06. The van der Waals surface area contributed by atoms with Crippen LogP contribution in [-0.2, 0) is 6.42 Å². The van der Waals surface area contributed by atoms with Gasteiger partial charge in [0.15, 0.2) is 0 Å². The van der Waals surface area contributed by atoms with E-state index in [1.165, 1.54) is 10.9 Å². The number of hydrogen-bond acceptors (Lipinski definition) is 2. The second-order valence-electron chi connectivity index (χ2n) is 5.88. The number of anilines is 1. The number of fused-ring (bicyclic) bond motifs is 2. The fourth-order valence-corrected chi connectivity index (χ4v) is 2.34. The zero-order valence-electron chi connectivity index (χ0n) is 10.5. The normalized spacial score (nSPS) is 19.1. The van der Waals surface area contributed by atoms with Crippen LogP contribution in [0.15, 0.2) is 24.3 Å². The number of nitrogens with one attached hydrogen (secondary N) is 1. The third-order valence-corrected chi connectivity index (χ3v) is 3.52. The van der Waals surface area contributed by atoms with Crippen molar-refractivity contribution in [3.63, 3.8) is 0 Å². The van der Waals surface area contributed by atoms with Crippen LogP contribution in [0.1, 0.15) is 26.3 Å². The number of rotatable bonds is 0. The lowest BCUT2D eigenvalue weighted by atomic mass is 9.85. The van der Waals surface area contributed by atoms with Crippen LogP contribution in [0.5, 0.6) is 0 Å². The quantitative estimate of drug-likeness (QED) is 0.743. The molecule has 0 spiro atoms. The SMILES string of the molecule is CC(C)(C)C1Cc2cc3cc[c]cc3nc2N1. The summed E-state index contributed by atoms with van der Waals surface area (Å²) in [6, 6.07) is 11.8. The lowest BCUT2D eigenvalue weighted by molar-refractivity contribution is 0.347. The highest BCUT2D eigenvalue weighted by Gasteiger charge is 2.31. The Morgan fingerprint density at radius 2 is 2.24 bits per heavy atom. The van der Waals surface area contributed by atoms with Crippen molar-refractivity contribution in [1.82, 2.24) is 4.98 Å². The molecule has 1 aliphatic heterocycles. The molecule has 17 heavy (non-hydrogen) atoms. The molecular formula is C15H17N2. The smallest absolute Gasteiger partial charge is 0.130 e. The van der Waals surface area contributed by atoms with Gasteiger partial charge in [0.25, 0.3) is 0 Å². The molecule has 2 nitrogen and oxygen atoms in total. The molecule has 2 heterocycles. The van der Waals surface area contributed by atoms with Crippen LogP contribution in [0.2, 0.25) is 0 Å². The van der Waals surface area contributed by atoms with Gasteiger partial charge in [0.1, 0.15) is 5.82 Å². The van der Waals surface area contributed by atoms with Gasteiger partial charge < -0.3 is 5.32 Å². The highest BCUT2D eigenvalue weighted by atomic mass is 15.1. The molecule has 1 aliphatic rings. The van der Waals surface area contributed by atoms with Crippen molar-refractivity contribution in [2.24, 2.45) is 5.41 Å². The van der Waals surface area contributed by atoms with E-state index < -0.39 is 0 Å². The van der Waals surface area contributed by atoms with Gasteiger partial charge in [0.2, 0.25) is 0 Å². The molecular weight excluding hydrogens is 208 g/mol. The van der Waals surface area contributed by atoms with Crippen molar-refractivity contribution in [1.29, 1.82) is 0 Å². The number of aromatic nitrogens is 1. The molecule has 87 valence electrons. The number of benzene rings is 1. The maximum atomic E-state index is 4.68. The van der Waals surface area contributed by atoms with Gasteiger partial charge in [-0.3, -0.25) is 0 Å². The van der Waals surface area contributed by atoms with E-state index >= 15 is 0 Å². The summed E-state index contributed by atoms with van der Waals surface area (Å²) in [7, 11) is 0. The van der Waals surface area contributed by atoms with Crippen molar-refractivity contribution in [2.45, 2.75) is 33.2 Å². The van der Waals surface area contributed by atoms with Gasteiger partial charge in [-0.2, -0.15) is 0 Å². The van der Waals surface area contributed by atoms with Gasteiger partial charge in [0.05, 0.1) is 5.52 Å². The van der Waals surface area contributed by atoms with Gasteiger partial charge >= 0.3 is 0 Å². The van der Waals surface area contributed by atoms with Crippen LogP contribution in [0.3, 0.4) is 0 Å². The molecule has 0 bridgehead atoms. The molecule has 2 aromatic rings. The lowest BCUT2D eigenvalue weighted by Gasteiger charge is -2.26. The second-order valence-corrected chi connectivity index (χ2v) is 5.88. The van der Waals surface area contributed by atoms with Gasteiger partial charge in [-0.05, 0) is 35.6 Å². The van der Waals surface area contributed by atoms with Crippen LogP contribution >= 0.6 is 0 Å². The Labute approximate surface area is 102 Å². The Hall–Kier alpha value is -1.57. The van der Waals surface area contributed by atoms with E-state index in [0.29, 0.717) is 6.04 Å². The van der Waals surface area contributed by atoms with Gasteiger partial charge in [-0.25, -0.2) is 4.98 Å². The summed E-state index contributed by atoms with van der Waals surface area (Å²) in [6.07, 6.45) is 1.07. The molecule has 0 fully saturated rings. The van der Waals surface area contributed by atoms with Gasteiger partial charge in [-0.15, -0.1) is 0 Å². The first kappa shape index (κ1) is 10.6. The van der Waals surface area contributed by atoms with Crippen molar-refractivity contribution in [3.05, 3.63) is 35.9 Å². The van der Waals surface area contributed by atoms with Crippen molar-refractivity contribution >= 4 is 16.7 Å². The lowest BCUT2D eigenvalue weighted by Crippen LogP contribution is -2.31. The summed E-state index contributed by atoms with van der Waals surface area (Å²) in [4.78, 5) is 4.68. The second kappa shape index (κ2) is 3.46. The summed E-state index contributed by atoms with van der Waals surface area (Å²) in [5.41, 5.74) is 2.62. The first-order valence-electron chi connectivity index (χ1n) is 6.10. The Bertz CT molecular complexity index is 522. The number of nitrogens with zero attached hydrogens (tertiary/aromatic N) is 1. The predicted molar refractivity (Wildman–Crippen MR) is 71.1 cm³/mol. The van der Waals surface area contributed by atoms with E-state index in [9.17, 15) is 0 Å². The van der Waals surface area contributed by atoms with Gasteiger partial charge in [0, 0.05) is 11.4 Å². The number of pyridine rings is 1. The summed E-state index contributed by atoms with van der Waals surface area (Å²) < 4.78 is 0. The molecule has 0 amide bonds. The fourth-order valence-electron chi connectivity index (χ4n) is 2.34. The zero-order valence-corrected chi connectivity index (χ0v) is 10.5. The van der Waals surface area contributed by atoms with Crippen LogP contribution in [0.4, 0.5) is 5.82 Å². The molecule has 1 atom stereocenters. The van der Waals surface area contributed by atoms with Crippen molar-refractivity contribution in [3.8, 4) is 0 Å². The zero-order chi connectivity index (χ0) is 12.0. The highest BCUT2D eigenvalue weighted by Crippen LogP contribution is 2.34. The first-order valence-corrected chi connectivity index (χ1v) is 6.10. The minimum Gasteiger partial charge on any atom is -0.366 e. The number of hydrogen-bond donors (Lipinski definition) is 1. The van der Waals surface area contributed by atoms with E-state index in [-0.39, 0.29) is 5.41 Å². The Morgan fingerprint density at radius 3 is 3.00 bits per heavy atom. The molecule has 2 heteroatoms. The van der Waals surface area contributed by atoms with Crippen LogP contribution in [0.25, 0.3) is 10.9 Å². The minimum atomic E-state index is 0.263. The van der Waals surface area contributed by atoms with Crippen LogP contribution in [-0.4, -0.2) is 11.0 Å². The predicted octanol–water partition coefficient (Wildman–Crippen LogP) is 3.42. The minimum absolute atomic E-state index is 0.263. The molecule has 1 N–H and O–H groups in total. The molecule has 1 aromatic heterocycles. The molecule has 3 rings (SSSR count). The maximum absolute atomic E-state index is 4.68. The summed E-state index contributed by atoms with van der Waals surface area (Å²) in [5.74, 6) is 1.05. The monoisotopic (exact) mass is 225 g/mol. The van der Waals surface area contributed by atoms with E-state index in [1.807, 2.05) is 12.1 Å². The molecule has 0 saturated carbocycles. The van der Waals surface area contributed by atoms with E-state index in [2.05, 4.69) is 49.3 Å². The standard InChI is InChI=1S/C15H17N2/c1-15(2,3)13-9-11-8-10-6-4-5-7-12(10)16-14(11)17-13/h4,6-8,13H,9H2,1-3H3,(H,16,17). The van der Waals surface area contributed by atoms with Crippen molar-refractivity contribution in [2.75, 3.05) is 5.32 Å². The molecule has 1 radical (unpaired) electrons. The van der Waals surface area contributed by atoms with E-state index in [0.717, 1.165) is 17.8 Å². The summed E-state index contributed by atoms with van der Waals surface area (Å²) in [6.45, 7) is 6.80. The fraction of sp³-hybridized carbons (Fsp3) is 0.400. The maximum Gasteiger partial charge on any atom is 0.130 e. The highest BCUT2D eigenvalue weighted by molar-refractivity contribution is 5.82. The van der Waals surface area contributed by atoms with Gasteiger partial charge in [-0.1, -0.05) is 32.9 Å². The van der Waals surface area contributed by atoms with Crippen molar-refractivity contribution < 1.29 is 0 Å². The molecule has 0 aliphatic carbocycles. The first-order chi connectivity index (χ1) is 8.04. The Kier molecular flexibility index (Phi) is 2.15. The van der Waals surface area contributed by atoms with Crippen LogP contribution in [0, 0.1) is 11.5 Å². The average molecular weight is 225 g/mol. The Morgan fingerprint density at radius 1 is 1.41 bits per heavy atom. The average Bonchev–Trinajstić information content (AvgIpc) is 2.68. The summed E-state index contributed by atoms with van der Waals surface area (Å²) >= 11 is 0. The third-order valence-electron chi connectivity index (χ3n) is 3.52. The van der Waals surface area contributed by atoms with E-state index in [1.54, 1.807) is 0 Å². The molecule has 1 unspecified atom stereocenters. The van der Waals surface area contributed by atoms with Crippen LogP contribution < -0.4 is 5.32 Å². The third kappa shape index (κ3) is 1.78. The topological polar surface area (TPSA) is 24.9 Å². The largest absolute Gasteiger partial charge is 0.366 e. The molecule has 1 aromatic carbocycles. The molecule has 0 saturated heterocycles. The van der Waals surface area contributed by atoms with E-state index in [4.69, 9.17) is 0 Å². The summed E-state index contributed by atoms with van der Waals surface area (Å²) in [5, 5.41) is 4.75.